The summed E-state index contributed by atoms with van der Waals surface area (Å²) in [7, 11) is 0. The quantitative estimate of drug-likeness (QED) is 0.648. The summed E-state index contributed by atoms with van der Waals surface area (Å²) in [4.78, 5) is 25.8. The van der Waals surface area contributed by atoms with Crippen molar-refractivity contribution in [2.45, 2.75) is 13.5 Å². The molecule has 0 aromatic heterocycles. The van der Waals surface area contributed by atoms with Crippen molar-refractivity contribution in [3.05, 3.63) is 90.0 Å². The molecular weight excluding hydrogens is 378 g/mol. The maximum Gasteiger partial charge on any atom is 0.244 e. The van der Waals surface area contributed by atoms with E-state index in [1.807, 2.05) is 36.4 Å². The molecule has 0 bridgehead atoms. The van der Waals surface area contributed by atoms with E-state index in [4.69, 9.17) is 10.00 Å². The third-order valence-corrected chi connectivity index (χ3v) is 4.38. The zero-order valence-corrected chi connectivity index (χ0v) is 16.5. The number of hydrogen-bond acceptors (Lipinski definition) is 4. The van der Waals surface area contributed by atoms with Crippen LogP contribution in [0.4, 0.5) is 11.4 Å². The predicted octanol–water partition coefficient (Wildman–Crippen LogP) is 4.13. The minimum absolute atomic E-state index is 0.131. The molecule has 1 N–H and O–H groups in total. The Bertz CT molecular complexity index is 1040. The van der Waals surface area contributed by atoms with E-state index < -0.39 is 0 Å². The van der Waals surface area contributed by atoms with Crippen molar-refractivity contribution in [3.63, 3.8) is 0 Å². The third kappa shape index (κ3) is 5.69. The fraction of sp³-hybridized carbons (Fsp3) is 0.125. The second kappa shape index (κ2) is 9.89. The first-order chi connectivity index (χ1) is 14.5. The maximum atomic E-state index is 12.4. The average Bonchev–Trinajstić information content (AvgIpc) is 2.77. The van der Waals surface area contributed by atoms with E-state index in [-0.39, 0.29) is 18.4 Å². The zero-order chi connectivity index (χ0) is 21.3. The highest BCUT2D eigenvalue weighted by molar-refractivity contribution is 6.01. The number of hydrogen-bond donors (Lipinski definition) is 1. The first-order valence-electron chi connectivity index (χ1n) is 9.40. The Hall–Kier alpha value is -4.11. The molecule has 0 aliphatic carbocycles. The Morgan fingerprint density at radius 1 is 0.967 bits per heavy atom. The predicted molar refractivity (Wildman–Crippen MR) is 115 cm³/mol. The summed E-state index contributed by atoms with van der Waals surface area (Å²) in [6.45, 7) is 1.72. The van der Waals surface area contributed by atoms with Crippen molar-refractivity contribution in [3.8, 4) is 11.8 Å². The summed E-state index contributed by atoms with van der Waals surface area (Å²) in [6.07, 6.45) is 0. The minimum atomic E-state index is -0.326. The van der Waals surface area contributed by atoms with Gasteiger partial charge in [0.2, 0.25) is 11.8 Å². The van der Waals surface area contributed by atoms with Crippen molar-refractivity contribution >= 4 is 23.2 Å². The van der Waals surface area contributed by atoms with Crippen LogP contribution in [0, 0.1) is 11.3 Å². The van der Waals surface area contributed by atoms with Crippen LogP contribution in [-0.4, -0.2) is 18.4 Å². The Morgan fingerprint density at radius 2 is 1.63 bits per heavy atom. The monoisotopic (exact) mass is 399 g/mol. The van der Waals surface area contributed by atoms with Gasteiger partial charge in [0, 0.05) is 18.3 Å². The average molecular weight is 399 g/mol. The number of nitriles is 1. The van der Waals surface area contributed by atoms with Gasteiger partial charge >= 0.3 is 0 Å². The summed E-state index contributed by atoms with van der Waals surface area (Å²) >= 11 is 0. The van der Waals surface area contributed by atoms with Crippen LogP contribution >= 0.6 is 0 Å². The lowest BCUT2D eigenvalue weighted by atomic mass is 10.2. The second-order valence-corrected chi connectivity index (χ2v) is 6.61. The first kappa shape index (κ1) is 20.6. The second-order valence-electron chi connectivity index (χ2n) is 6.61. The maximum absolute atomic E-state index is 12.4. The van der Waals surface area contributed by atoms with Gasteiger partial charge in [0.05, 0.1) is 11.6 Å². The van der Waals surface area contributed by atoms with E-state index in [2.05, 4.69) is 5.32 Å². The van der Waals surface area contributed by atoms with Crippen LogP contribution in [0.1, 0.15) is 18.1 Å². The van der Waals surface area contributed by atoms with Crippen molar-refractivity contribution in [2.75, 3.05) is 16.8 Å². The number of benzene rings is 3. The third-order valence-electron chi connectivity index (χ3n) is 4.38. The summed E-state index contributed by atoms with van der Waals surface area (Å²) in [5.41, 5.74) is 2.72. The van der Waals surface area contributed by atoms with Gasteiger partial charge in [0.25, 0.3) is 0 Å². The Morgan fingerprint density at radius 3 is 2.23 bits per heavy atom. The van der Waals surface area contributed by atoms with Crippen LogP contribution in [0.5, 0.6) is 5.75 Å². The largest absolute Gasteiger partial charge is 0.489 e. The molecule has 0 atom stereocenters. The topological polar surface area (TPSA) is 82.4 Å². The van der Waals surface area contributed by atoms with Crippen molar-refractivity contribution in [1.82, 2.24) is 0 Å². The highest BCUT2D eigenvalue weighted by Gasteiger charge is 2.16. The molecule has 0 aliphatic rings. The highest BCUT2D eigenvalue weighted by Crippen LogP contribution is 2.18. The Balaban J connectivity index is 1.57. The van der Waals surface area contributed by atoms with Gasteiger partial charge in [-0.1, -0.05) is 30.3 Å². The number of ether oxygens (including phenoxy) is 1. The van der Waals surface area contributed by atoms with E-state index in [0.717, 1.165) is 5.56 Å². The summed E-state index contributed by atoms with van der Waals surface area (Å²) in [5.74, 6) is 0.104. The molecule has 0 unspecified atom stereocenters. The molecule has 0 radical (unpaired) electrons. The molecule has 6 nitrogen and oxygen atoms in total. The van der Waals surface area contributed by atoms with E-state index in [1.54, 1.807) is 48.5 Å². The van der Waals surface area contributed by atoms with Crippen molar-refractivity contribution in [1.29, 1.82) is 5.26 Å². The number of nitrogens with zero attached hydrogens (tertiary/aromatic N) is 2. The number of rotatable bonds is 7. The molecule has 3 rings (SSSR count). The lowest BCUT2D eigenvalue weighted by molar-refractivity contribution is -0.120. The van der Waals surface area contributed by atoms with Gasteiger partial charge in [-0.3, -0.25) is 9.59 Å². The molecule has 0 saturated heterocycles. The molecular formula is C24H21N3O3. The SMILES string of the molecule is CC(=O)N(CC(=O)Nc1ccc(OCc2ccccc2)cc1)c1ccc(C#N)cc1. The molecule has 150 valence electrons. The number of carbonyl (C=O) groups is 2. The van der Waals surface area contributed by atoms with Gasteiger partial charge in [0.1, 0.15) is 18.9 Å². The van der Waals surface area contributed by atoms with Gasteiger partial charge in [-0.2, -0.15) is 5.26 Å². The Labute approximate surface area is 175 Å². The molecule has 3 aromatic rings. The molecule has 3 aromatic carbocycles. The Kier molecular flexibility index (Phi) is 6.80. The van der Waals surface area contributed by atoms with Gasteiger partial charge in [-0.15, -0.1) is 0 Å². The first-order valence-corrected chi connectivity index (χ1v) is 9.40. The number of carbonyl (C=O) groups excluding carboxylic acids is 2. The van der Waals surface area contributed by atoms with E-state index in [0.29, 0.717) is 29.3 Å². The number of nitrogens with one attached hydrogen (secondary N) is 1. The van der Waals surface area contributed by atoms with Gasteiger partial charge in [0.15, 0.2) is 0 Å². The molecule has 0 heterocycles. The lowest BCUT2D eigenvalue weighted by Gasteiger charge is -2.20. The molecule has 0 aliphatic heterocycles. The standard InChI is InChI=1S/C24H21N3O3/c1-18(28)27(22-11-7-19(15-25)8-12-22)16-24(29)26-21-9-13-23(14-10-21)30-17-20-5-3-2-4-6-20/h2-14H,16-17H2,1H3,(H,26,29). The fourth-order valence-electron chi connectivity index (χ4n) is 2.82. The molecule has 0 fully saturated rings. The van der Waals surface area contributed by atoms with Crippen LogP contribution in [0.2, 0.25) is 0 Å². The molecule has 6 heteroatoms. The van der Waals surface area contributed by atoms with E-state index in [1.165, 1.54) is 11.8 Å². The normalized spacial score (nSPS) is 10.0. The van der Waals surface area contributed by atoms with Crippen molar-refractivity contribution in [2.24, 2.45) is 0 Å². The molecule has 2 amide bonds. The fourth-order valence-corrected chi connectivity index (χ4v) is 2.82. The summed E-state index contributed by atoms with van der Waals surface area (Å²) < 4.78 is 5.74. The van der Waals surface area contributed by atoms with Crippen LogP contribution in [-0.2, 0) is 16.2 Å². The highest BCUT2D eigenvalue weighted by atomic mass is 16.5. The zero-order valence-electron chi connectivity index (χ0n) is 16.5. The minimum Gasteiger partial charge on any atom is -0.489 e. The smallest absolute Gasteiger partial charge is 0.244 e. The van der Waals surface area contributed by atoms with Gasteiger partial charge in [-0.05, 0) is 54.1 Å². The lowest BCUT2D eigenvalue weighted by Crippen LogP contribution is -2.36. The van der Waals surface area contributed by atoms with Crippen molar-refractivity contribution < 1.29 is 14.3 Å². The summed E-state index contributed by atoms with van der Waals surface area (Å²) in [6, 6.07) is 25.4. The molecule has 0 saturated carbocycles. The molecule has 0 spiro atoms. The van der Waals surface area contributed by atoms with Crippen LogP contribution < -0.4 is 15.0 Å². The number of anilines is 2. The van der Waals surface area contributed by atoms with Crippen LogP contribution in [0.25, 0.3) is 0 Å². The van der Waals surface area contributed by atoms with E-state index in [9.17, 15) is 9.59 Å². The number of amides is 2. The van der Waals surface area contributed by atoms with Crippen LogP contribution in [0.3, 0.4) is 0 Å². The molecule has 30 heavy (non-hydrogen) atoms. The van der Waals surface area contributed by atoms with Crippen LogP contribution in [0.15, 0.2) is 78.9 Å². The van der Waals surface area contributed by atoms with Gasteiger partial charge < -0.3 is 15.0 Å². The van der Waals surface area contributed by atoms with Gasteiger partial charge in [-0.25, -0.2) is 0 Å². The van der Waals surface area contributed by atoms with E-state index >= 15 is 0 Å². The summed E-state index contributed by atoms with van der Waals surface area (Å²) in [5, 5.41) is 11.7.